The number of aryl methyl sites for hydroxylation is 1. The molecule has 2 aromatic rings. The van der Waals surface area contributed by atoms with Crippen molar-refractivity contribution in [1.29, 1.82) is 0 Å². The molecule has 2 heterocycles. The molecule has 1 amide bonds. The highest BCUT2D eigenvalue weighted by molar-refractivity contribution is 5.80. The van der Waals surface area contributed by atoms with Crippen molar-refractivity contribution in [2.24, 2.45) is 13.0 Å². The zero-order valence-corrected chi connectivity index (χ0v) is 14.4. The number of carbonyl (C=O) groups excluding carboxylic acids is 1. The van der Waals surface area contributed by atoms with Crippen LogP contribution in [0.25, 0.3) is 0 Å². The Morgan fingerprint density at radius 2 is 2.20 bits per heavy atom. The Kier molecular flexibility index (Phi) is 5.33. The lowest BCUT2D eigenvalue weighted by molar-refractivity contribution is -0.125. The van der Waals surface area contributed by atoms with Gasteiger partial charge < -0.3 is 15.4 Å². The molecule has 1 aromatic carbocycles. The minimum atomic E-state index is -0.302. The summed E-state index contributed by atoms with van der Waals surface area (Å²) in [4.78, 5) is 12.6. The molecule has 1 aromatic heterocycles. The first-order chi connectivity index (χ1) is 12.0. The summed E-state index contributed by atoms with van der Waals surface area (Å²) in [6, 6.07) is 5.85. The lowest BCUT2D eigenvalue weighted by atomic mass is 9.90. The van der Waals surface area contributed by atoms with Gasteiger partial charge in [-0.2, -0.15) is 5.10 Å². The predicted molar refractivity (Wildman–Crippen MR) is 91.8 cm³/mol. The molecule has 6 nitrogen and oxygen atoms in total. The van der Waals surface area contributed by atoms with Gasteiger partial charge in [0.15, 0.2) is 0 Å². The fraction of sp³-hybridized carbons (Fsp3) is 0.444. The van der Waals surface area contributed by atoms with Crippen molar-refractivity contribution in [2.75, 3.05) is 19.6 Å². The Hall–Kier alpha value is -2.41. The summed E-state index contributed by atoms with van der Waals surface area (Å²) in [5, 5.41) is 10.4. The number of nitrogens with zero attached hydrogens (tertiary/aromatic N) is 2. The average Bonchev–Trinajstić information content (AvgIpc) is 3.23. The van der Waals surface area contributed by atoms with Crippen LogP contribution in [0.1, 0.15) is 18.4 Å². The highest BCUT2D eigenvalue weighted by atomic mass is 19.1. The molecule has 1 aliphatic heterocycles. The van der Waals surface area contributed by atoms with E-state index in [4.69, 9.17) is 4.74 Å². The fourth-order valence-electron chi connectivity index (χ4n) is 3.10. The molecular weight excluding hydrogens is 323 g/mol. The number of rotatable bonds is 6. The zero-order valence-electron chi connectivity index (χ0n) is 14.4. The second-order valence-electron chi connectivity index (χ2n) is 6.45. The molecule has 1 saturated heterocycles. The normalized spacial score (nSPS) is 21.1. The Labute approximate surface area is 146 Å². The van der Waals surface area contributed by atoms with E-state index in [0.717, 1.165) is 12.1 Å². The molecule has 25 heavy (non-hydrogen) atoms. The van der Waals surface area contributed by atoms with Crippen LogP contribution in [0.5, 0.6) is 5.75 Å². The predicted octanol–water partition coefficient (Wildman–Crippen LogP) is 1.45. The number of hydrogen-bond donors (Lipinski definition) is 2. The molecule has 2 N–H and O–H groups in total. The number of hydrogen-bond acceptors (Lipinski definition) is 4. The Balaban J connectivity index is 1.52. The first-order valence-electron chi connectivity index (χ1n) is 8.42. The molecule has 0 spiro atoms. The second kappa shape index (κ2) is 7.65. The summed E-state index contributed by atoms with van der Waals surface area (Å²) in [6.45, 7) is 3.69. The zero-order chi connectivity index (χ0) is 17.8. The number of aromatic nitrogens is 2. The van der Waals surface area contributed by atoms with Crippen LogP contribution in [-0.2, 0) is 11.8 Å². The van der Waals surface area contributed by atoms with E-state index in [9.17, 15) is 9.18 Å². The fourth-order valence-corrected chi connectivity index (χ4v) is 3.10. The maximum absolute atomic E-state index is 12.9. The van der Waals surface area contributed by atoms with Crippen molar-refractivity contribution in [3.05, 3.63) is 48.0 Å². The molecule has 0 aliphatic carbocycles. The standard InChI is InChI=1S/C18H23FN4O2/c1-12(25-15-5-3-14(19)4-6-15)7-21-18(24)17-10-20-9-16(17)13-8-22-23(2)11-13/h3-6,8,11-12,16-17,20H,7,9-10H2,1-2H3,(H,21,24)/t12?,16-,17+/m1/s1. The molecule has 0 saturated carbocycles. The van der Waals surface area contributed by atoms with E-state index >= 15 is 0 Å². The van der Waals surface area contributed by atoms with Crippen LogP contribution in [0, 0.1) is 11.7 Å². The molecule has 1 aliphatic rings. The van der Waals surface area contributed by atoms with E-state index < -0.39 is 0 Å². The van der Waals surface area contributed by atoms with Gasteiger partial charge in [0.2, 0.25) is 5.91 Å². The van der Waals surface area contributed by atoms with Crippen LogP contribution in [0.4, 0.5) is 4.39 Å². The van der Waals surface area contributed by atoms with Gasteiger partial charge in [0.1, 0.15) is 17.7 Å². The molecule has 0 bridgehead atoms. The van der Waals surface area contributed by atoms with Crippen LogP contribution in [0.3, 0.4) is 0 Å². The van der Waals surface area contributed by atoms with Crippen molar-refractivity contribution < 1.29 is 13.9 Å². The quantitative estimate of drug-likeness (QED) is 0.831. The van der Waals surface area contributed by atoms with Crippen LogP contribution in [-0.4, -0.2) is 41.4 Å². The molecule has 1 unspecified atom stereocenters. The summed E-state index contributed by atoms with van der Waals surface area (Å²) < 4.78 is 20.3. The third-order valence-electron chi connectivity index (χ3n) is 4.42. The maximum Gasteiger partial charge on any atom is 0.225 e. The summed E-state index contributed by atoms with van der Waals surface area (Å²) in [5.41, 5.74) is 1.07. The lowest BCUT2D eigenvalue weighted by Gasteiger charge is -2.20. The van der Waals surface area contributed by atoms with E-state index in [-0.39, 0.29) is 29.7 Å². The maximum atomic E-state index is 12.9. The van der Waals surface area contributed by atoms with Gasteiger partial charge in [-0.25, -0.2) is 4.39 Å². The summed E-state index contributed by atoms with van der Waals surface area (Å²) in [5.74, 6) is 0.292. The van der Waals surface area contributed by atoms with Crippen molar-refractivity contribution in [1.82, 2.24) is 20.4 Å². The van der Waals surface area contributed by atoms with Crippen LogP contribution in [0.2, 0.25) is 0 Å². The Bertz CT molecular complexity index is 716. The molecule has 3 atom stereocenters. The van der Waals surface area contributed by atoms with E-state index in [2.05, 4.69) is 15.7 Å². The van der Waals surface area contributed by atoms with Gasteiger partial charge >= 0.3 is 0 Å². The van der Waals surface area contributed by atoms with Crippen molar-refractivity contribution in [3.63, 3.8) is 0 Å². The van der Waals surface area contributed by atoms with E-state index in [1.165, 1.54) is 12.1 Å². The average molecular weight is 346 g/mol. The molecule has 7 heteroatoms. The van der Waals surface area contributed by atoms with Gasteiger partial charge in [-0.05, 0) is 36.8 Å². The number of benzene rings is 1. The van der Waals surface area contributed by atoms with Gasteiger partial charge in [0, 0.05) is 32.3 Å². The van der Waals surface area contributed by atoms with E-state index in [1.54, 1.807) is 16.8 Å². The number of halogens is 1. The Morgan fingerprint density at radius 3 is 2.88 bits per heavy atom. The number of amides is 1. The molecule has 134 valence electrons. The van der Waals surface area contributed by atoms with Gasteiger partial charge in [-0.3, -0.25) is 9.48 Å². The van der Waals surface area contributed by atoms with Crippen LogP contribution >= 0.6 is 0 Å². The summed E-state index contributed by atoms with van der Waals surface area (Å²) in [6.07, 6.45) is 3.57. The monoisotopic (exact) mass is 346 g/mol. The number of ether oxygens (including phenoxy) is 1. The first-order valence-corrected chi connectivity index (χ1v) is 8.42. The molecule has 0 radical (unpaired) electrons. The minimum Gasteiger partial charge on any atom is -0.489 e. The third-order valence-corrected chi connectivity index (χ3v) is 4.42. The topological polar surface area (TPSA) is 68.2 Å². The second-order valence-corrected chi connectivity index (χ2v) is 6.45. The molecular formula is C18H23FN4O2. The van der Waals surface area contributed by atoms with Gasteiger partial charge in [-0.1, -0.05) is 0 Å². The molecule has 1 fully saturated rings. The summed E-state index contributed by atoms with van der Waals surface area (Å²) >= 11 is 0. The smallest absolute Gasteiger partial charge is 0.225 e. The van der Waals surface area contributed by atoms with Crippen LogP contribution < -0.4 is 15.4 Å². The first kappa shape index (κ1) is 17.4. The van der Waals surface area contributed by atoms with Crippen molar-refractivity contribution >= 4 is 5.91 Å². The lowest BCUT2D eigenvalue weighted by Crippen LogP contribution is -2.39. The minimum absolute atomic E-state index is 0.00779. The van der Waals surface area contributed by atoms with Crippen molar-refractivity contribution in [3.8, 4) is 5.75 Å². The highest BCUT2D eigenvalue weighted by Crippen LogP contribution is 2.27. The highest BCUT2D eigenvalue weighted by Gasteiger charge is 2.34. The van der Waals surface area contributed by atoms with Gasteiger partial charge in [0.05, 0.1) is 18.7 Å². The third kappa shape index (κ3) is 4.36. The summed E-state index contributed by atoms with van der Waals surface area (Å²) in [7, 11) is 1.87. The van der Waals surface area contributed by atoms with E-state index in [0.29, 0.717) is 18.8 Å². The van der Waals surface area contributed by atoms with Gasteiger partial charge in [-0.15, -0.1) is 0 Å². The van der Waals surface area contributed by atoms with Crippen LogP contribution in [0.15, 0.2) is 36.7 Å². The molecule has 3 rings (SSSR count). The Morgan fingerprint density at radius 1 is 1.44 bits per heavy atom. The van der Waals surface area contributed by atoms with Gasteiger partial charge in [0.25, 0.3) is 0 Å². The number of carbonyl (C=O) groups is 1. The largest absolute Gasteiger partial charge is 0.489 e. The number of nitrogens with one attached hydrogen (secondary N) is 2. The van der Waals surface area contributed by atoms with E-state index in [1.807, 2.05) is 26.4 Å². The SMILES string of the molecule is CC(CNC(=O)[C@H]1CNC[C@@H]1c1cnn(C)c1)Oc1ccc(F)cc1. The van der Waals surface area contributed by atoms with Crippen molar-refractivity contribution in [2.45, 2.75) is 18.9 Å².